The van der Waals surface area contributed by atoms with Crippen LogP contribution in [0.25, 0.3) is 10.8 Å². The average molecular weight is 349 g/mol. The molecule has 23 heavy (non-hydrogen) atoms. The number of hydrogen-bond donors (Lipinski definition) is 0. The van der Waals surface area contributed by atoms with Crippen molar-refractivity contribution in [3.05, 3.63) is 64.6 Å². The number of halogens is 1. The minimum atomic E-state index is -1.16. The van der Waals surface area contributed by atoms with Crippen LogP contribution < -0.4 is 0 Å². The highest BCUT2D eigenvalue weighted by molar-refractivity contribution is 7.84. The molecule has 3 nitrogen and oxygen atoms in total. The van der Waals surface area contributed by atoms with Crippen molar-refractivity contribution < 1.29 is 13.0 Å². The fraction of sp³-hybridized carbons (Fsp3) is 0.235. The highest BCUT2D eigenvalue weighted by Crippen LogP contribution is 2.28. The van der Waals surface area contributed by atoms with Crippen molar-refractivity contribution in [3.8, 4) is 10.8 Å². The van der Waals surface area contributed by atoms with Gasteiger partial charge in [0.05, 0.1) is 21.6 Å². The molecule has 6 heteroatoms. The third-order valence-corrected chi connectivity index (χ3v) is 6.11. The van der Waals surface area contributed by atoms with Gasteiger partial charge in [-0.2, -0.15) is 0 Å². The van der Waals surface area contributed by atoms with Gasteiger partial charge < -0.3 is 4.42 Å². The lowest BCUT2D eigenvalue weighted by Gasteiger charge is -2.11. The van der Waals surface area contributed by atoms with Gasteiger partial charge in [0.15, 0.2) is 0 Å². The molecule has 0 N–H and O–H groups in total. The maximum atomic E-state index is 13.0. The molecular formula is C17H16FNO2S2. The highest BCUT2D eigenvalue weighted by Gasteiger charge is 2.19. The van der Waals surface area contributed by atoms with Crippen LogP contribution in [0.15, 0.2) is 46.2 Å². The van der Waals surface area contributed by atoms with Gasteiger partial charge in [-0.25, -0.2) is 9.37 Å². The second kappa shape index (κ2) is 6.76. The molecule has 0 saturated carbocycles. The van der Waals surface area contributed by atoms with Crippen LogP contribution in [0.3, 0.4) is 0 Å². The summed E-state index contributed by atoms with van der Waals surface area (Å²) in [6, 6.07) is 10.00. The van der Waals surface area contributed by atoms with E-state index in [4.69, 9.17) is 4.42 Å². The van der Waals surface area contributed by atoms with Crippen LogP contribution >= 0.6 is 11.3 Å². The number of benzene rings is 1. The SMILES string of the molecule is Cc1oc(-c2cccs2)nc1C[S@@](=O)[C@@H](C)c1ccc(F)cc1. The van der Waals surface area contributed by atoms with Crippen molar-refractivity contribution in [2.45, 2.75) is 24.9 Å². The zero-order chi connectivity index (χ0) is 16.4. The molecule has 120 valence electrons. The maximum absolute atomic E-state index is 13.0. The quantitative estimate of drug-likeness (QED) is 0.660. The van der Waals surface area contributed by atoms with Gasteiger partial charge in [0.2, 0.25) is 5.89 Å². The molecule has 0 saturated heterocycles. The topological polar surface area (TPSA) is 43.1 Å². The van der Waals surface area contributed by atoms with Crippen molar-refractivity contribution in [2.75, 3.05) is 0 Å². The molecule has 0 bridgehead atoms. The molecule has 0 amide bonds. The van der Waals surface area contributed by atoms with Crippen LogP contribution in [0.1, 0.15) is 29.2 Å². The number of aromatic nitrogens is 1. The summed E-state index contributed by atoms with van der Waals surface area (Å²) in [7, 11) is -1.16. The Labute approximate surface area is 140 Å². The molecule has 0 radical (unpaired) electrons. The Kier molecular flexibility index (Phi) is 4.73. The summed E-state index contributed by atoms with van der Waals surface area (Å²) in [5.74, 6) is 1.28. The first-order chi connectivity index (χ1) is 11.0. The van der Waals surface area contributed by atoms with Gasteiger partial charge in [-0.3, -0.25) is 4.21 Å². The first kappa shape index (κ1) is 16.1. The Balaban J connectivity index is 1.76. The normalized spacial score (nSPS) is 13.9. The van der Waals surface area contributed by atoms with E-state index in [-0.39, 0.29) is 11.1 Å². The Morgan fingerprint density at radius 2 is 2.04 bits per heavy atom. The summed E-state index contributed by atoms with van der Waals surface area (Å²) >= 11 is 1.55. The molecule has 3 aromatic rings. The molecule has 0 fully saturated rings. The minimum Gasteiger partial charge on any atom is -0.440 e. The van der Waals surface area contributed by atoms with E-state index < -0.39 is 10.8 Å². The van der Waals surface area contributed by atoms with Gasteiger partial charge >= 0.3 is 0 Å². The number of rotatable bonds is 5. The van der Waals surface area contributed by atoms with Gasteiger partial charge in [-0.15, -0.1) is 11.3 Å². The lowest BCUT2D eigenvalue weighted by atomic mass is 10.2. The van der Waals surface area contributed by atoms with Crippen LogP contribution in [0.5, 0.6) is 0 Å². The molecule has 1 aromatic carbocycles. The molecular weight excluding hydrogens is 333 g/mol. The van der Waals surface area contributed by atoms with E-state index in [0.29, 0.717) is 23.1 Å². The minimum absolute atomic E-state index is 0.197. The van der Waals surface area contributed by atoms with Crippen LogP contribution in [0, 0.1) is 12.7 Å². The second-order valence-corrected chi connectivity index (χ2v) is 7.92. The predicted molar refractivity (Wildman–Crippen MR) is 91.2 cm³/mol. The zero-order valence-corrected chi connectivity index (χ0v) is 14.4. The van der Waals surface area contributed by atoms with E-state index in [1.54, 1.807) is 23.5 Å². The molecule has 2 atom stereocenters. The van der Waals surface area contributed by atoms with E-state index in [9.17, 15) is 8.60 Å². The van der Waals surface area contributed by atoms with Crippen molar-refractivity contribution in [1.82, 2.24) is 4.98 Å². The standard InChI is InChI=1S/C17H16FNO2S2/c1-11-15(19-17(21-11)16-4-3-9-22-16)10-23(20)12(2)13-5-7-14(18)8-6-13/h3-9,12H,10H2,1-2H3/t12-,23+/m0/s1. The maximum Gasteiger partial charge on any atom is 0.236 e. The lowest BCUT2D eigenvalue weighted by Crippen LogP contribution is -2.06. The van der Waals surface area contributed by atoms with Crippen molar-refractivity contribution >= 4 is 22.1 Å². The molecule has 3 rings (SSSR count). The molecule has 0 unspecified atom stereocenters. The number of thiophene rings is 1. The summed E-state index contributed by atoms with van der Waals surface area (Å²) in [6.45, 7) is 3.71. The first-order valence-electron chi connectivity index (χ1n) is 7.17. The van der Waals surface area contributed by atoms with Crippen molar-refractivity contribution in [1.29, 1.82) is 0 Å². The van der Waals surface area contributed by atoms with E-state index >= 15 is 0 Å². The number of aryl methyl sites for hydroxylation is 1. The predicted octanol–water partition coefficient (Wildman–Crippen LogP) is 4.86. The Morgan fingerprint density at radius 3 is 2.70 bits per heavy atom. The van der Waals surface area contributed by atoms with Crippen LogP contribution in [-0.2, 0) is 16.6 Å². The van der Waals surface area contributed by atoms with E-state index in [1.807, 2.05) is 31.4 Å². The molecule has 2 heterocycles. The van der Waals surface area contributed by atoms with Crippen LogP contribution in [0.4, 0.5) is 4.39 Å². The second-order valence-electron chi connectivity index (χ2n) is 5.22. The summed E-state index contributed by atoms with van der Waals surface area (Å²) in [4.78, 5) is 5.43. The fourth-order valence-electron chi connectivity index (χ4n) is 2.21. The van der Waals surface area contributed by atoms with Gasteiger partial charge in [0.25, 0.3) is 0 Å². The zero-order valence-electron chi connectivity index (χ0n) is 12.8. The summed E-state index contributed by atoms with van der Waals surface area (Å²) < 4.78 is 31.3. The third-order valence-electron chi connectivity index (χ3n) is 3.64. The molecule has 2 aromatic heterocycles. The van der Waals surface area contributed by atoms with Crippen molar-refractivity contribution in [2.24, 2.45) is 0 Å². The largest absolute Gasteiger partial charge is 0.440 e. The van der Waals surface area contributed by atoms with Gasteiger partial charge in [-0.1, -0.05) is 18.2 Å². The number of oxazole rings is 1. The number of nitrogens with zero attached hydrogens (tertiary/aromatic N) is 1. The van der Waals surface area contributed by atoms with Crippen LogP contribution in [0.2, 0.25) is 0 Å². The van der Waals surface area contributed by atoms with Gasteiger partial charge in [0.1, 0.15) is 11.6 Å². The lowest BCUT2D eigenvalue weighted by molar-refractivity contribution is 0.541. The molecule has 0 spiro atoms. The Bertz CT molecular complexity index is 810. The van der Waals surface area contributed by atoms with Gasteiger partial charge in [0, 0.05) is 10.8 Å². The Morgan fingerprint density at radius 1 is 1.30 bits per heavy atom. The molecule has 0 aliphatic heterocycles. The highest BCUT2D eigenvalue weighted by atomic mass is 32.2. The van der Waals surface area contributed by atoms with Crippen molar-refractivity contribution in [3.63, 3.8) is 0 Å². The fourth-order valence-corrected chi connectivity index (χ4v) is 4.11. The smallest absolute Gasteiger partial charge is 0.236 e. The van der Waals surface area contributed by atoms with E-state index in [1.165, 1.54) is 12.1 Å². The Hall–Kier alpha value is -1.79. The molecule has 0 aliphatic rings. The summed E-state index contributed by atoms with van der Waals surface area (Å²) in [5, 5.41) is 1.76. The number of hydrogen-bond acceptors (Lipinski definition) is 4. The third kappa shape index (κ3) is 3.59. The summed E-state index contributed by atoms with van der Waals surface area (Å²) in [6.07, 6.45) is 0. The van der Waals surface area contributed by atoms with E-state index in [0.717, 1.165) is 10.4 Å². The summed E-state index contributed by atoms with van der Waals surface area (Å²) in [5.41, 5.74) is 1.56. The molecule has 0 aliphatic carbocycles. The van der Waals surface area contributed by atoms with E-state index in [2.05, 4.69) is 4.98 Å². The van der Waals surface area contributed by atoms with Gasteiger partial charge in [-0.05, 0) is 43.0 Å². The monoisotopic (exact) mass is 349 g/mol. The average Bonchev–Trinajstić information content (AvgIpc) is 3.18. The first-order valence-corrected chi connectivity index (χ1v) is 9.43. The van der Waals surface area contributed by atoms with Crippen LogP contribution in [-0.4, -0.2) is 9.19 Å².